The van der Waals surface area contributed by atoms with Crippen LogP contribution in [-0.2, 0) is 14.3 Å². The topological polar surface area (TPSA) is 66.8 Å². The average molecular weight is 444 g/mol. The molecule has 2 unspecified atom stereocenters. The van der Waals surface area contributed by atoms with Gasteiger partial charge in [-0.25, -0.2) is 4.79 Å². The molecular weight excluding hydrogens is 418 g/mol. The molecule has 2 aromatic rings. The minimum absolute atomic E-state index is 0. The van der Waals surface area contributed by atoms with Gasteiger partial charge in [-0.1, -0.05) is 54.1 Å². The van der Waals surface area contributed by atoms with Crippen molar-refractivity contribution < 1.29 is 22.3 Å². The number of carboxylic acids is 1. The molecule has 1 N–H and O–H groups in total. The van der Waals surface area contributed by atoms with Crippen LogP contribution in [0, 0.1) is 5.92 Å². The van der Waals surface area contributed by atoms with Crippen molar-refractivity contribution >= 4 is 61.2 Å². The Hall–Kier alpha value is -1.11. The fourth-order valence-electron chi connectivity index (χ4n) is 3.89. The van der Waals surface area contributed by atoms with Crippen molar-refractivity contribution in [1.29, 1.82) is 0 Å². The maximum atomic E-state index is 12.5. The molecule has 1 amide bonds. The number of aliphatic carboxylic acids is 1. The summed E-state index contributed by atoms with van der Waals surface area (Å²) in [6.07, 6.45) is 1.92. The second-order valence-corrected chi connectivity index (χ2v) is 7.50. The summed E-state index contributed by atoms with van der Waals surface area (Å²) in [5.74, 6) is -0.806. The van der Waals surface area contributed by atoms with Gasteiger partial charge in [-0.05, 0) is 42.0 Å². The summed E-state index contributed by atoms with van der Waals surface area (Å²) < 4.78 is 4.98. The van der Waals surface area contributed by atoms with Gasteiger partial charge in [-0.15, -0.1) is 0 Å². The third kappa shape index (κ3) is 6.97. The summed E-state index contributed by atoms with van der Waals surface area (Å²) >= 11 is 6.08. The van der Waals surface area contributed by atoms with Gasteiger partial charge >= 0.3 is 43.7 Å². The number of piperidine rings is 1. The first-order valence-corrected chi connectivity index (χ1v) is 9.80. The van der Waals surface area contributed by atoms with Crippen LogP contribution in [0.25, 0.3) is 0 Å². The first-order valence-electron chi connectivity index (χ1n) is 9.42. The molecular formula is C22H26CaClNO4. The fourth-order valence-corrected chi connectivity index (χ4v) is 4.02. The first-order chi connectivity index (χ1) is 13.5. The van der Waals surface area contributed by atoms with Crippen LogP contribution in [0.5, 0.6) is 0 Å². The van der Waals surface area contributed by atoms with Crippen LogP contribution in [0.15, 0.2) is 54.6 Å². The molecule has 1 aliphatic rings. The van der Waals surface area contributed by atoms with Crippen LogP contribution >= 0.6 is 11.6 Å². The Labute approximate surface area is 209 Å². The quantitative estimate of drug-likeness (QED) is 0.663. The number of likely N-dealkylation sites (tertiary alicyclic amines) is 1. The van der Waals surface area contributed by atoms with E-state index in [2.05, 4.69) is 24.3 Å². The van der Waals surface area contributed by atoms with Crippen molar-refractivity contribution in [1.82, 2.24) is 4.90 Å². The molecule has 1 saturated heterocycles. The van der Waals surface area contributed by atoms with Crippen LogP contribution in [0.2, 0.25) is 5.02 Å². The standard InChI is InChI=1S/C22H24ClNO4.Ca.2H/c23-19-10-8-17(9-11-19)22(16-5-2-1-3-6-16)18-7-4-12-24(13-18)20(25)14-28-15-21(26)27;;;/h1-3,5-6,8-11,18,22H,4,7,12-15H2,(H,26,27);;;/q;+2;2*-1. The van der Waals surface area contributed by atoms with Crippen LogP contribution in [0.4, 0.5) is 0 Å². The Morgan fingerprint density at radius 1 is 1.10 bits per heavy atom. The summed E-state index contributed by atoms with van der Waals surface area (Å²) in [4.78, 5) is 24.8. The molecule has 1 aliphatic heterocycles. The summed E-state index contributed by atoms with van der Waals surface area (Å²) in [6, 6.07) is 18.2. The third-order valence-electron chi connectivity index (χ3n) is 5.12. The summed E-state index contributed by atoms with van der Waals surface area (Å²) in [6.45, 7) is 0.641. The molecule has 1 fully saturated rings. The number of rotatable bonds is 7. The molecule has 3 rings (SSSR count). The molecule has 5 nitrogen and oxygen atoms in total. The van der Waals surface area contributed by atoms with E-state index in [1.54, 1.807) is 4.90 Å². The fraction of sp³-hybridized carbons (Fsp3) is 0.364. The van der Waals surface area contributed by atoms with E-state index in [-0.39, 0.29) is 64.9 Å². The molecule has 1 heterocycles. The van der Waals surface area contributed by atoms with Crippen LogP contribution in [0.3, 0.4) is 0 Å². The van der Waals surface area contributed by atoms with E-state index in [1.807, 2.05) is 30.3 Å². The van der Waals surface area contributed by atoms with Gasteiger partial charge in [0.15, 0.2) is 0 Å². The zero-order valence-corrected chi connectivity index (χ0v) is 19.3. The number of ether oxygens (including phenoxy) is 1. The van der Waals surface area contributed by atoms with Crippen molar-refractivity contribution in [3.05, 3.63) is 70.7 Å². The predicted molar refractivity (Wildman–Crippen MR) is 115 cm³/mol. The monoisotopic (exact) mass is 443 g/mol. The molecule has 0 aliphatic carbocycles. The number of carbonyl (C=O) groups excluding carboxylic acids is 1. The van der Waals surface area contributed by atoms with Crippen LogP contribution in [-0.4, -0.2) is 85.9 Å². The number of benzene rings is 2. The Kier molecular flexibility index (Phi) is 9.93. The number of hydrogen-bond donors (Lipinski definition) is 1. The molecule has 7 heteroatoms. The van der Waals surface area contributed by atoms with E-state index in [0.717, 1.165) is 12.8 Å². The molecule has 0 aromatic heterocycles. The van der Waals surface area contributed by atoms with Gasteiger partial charge < -0.3 is 17.6 Å². The molecule has 0 spiro atoms. The Balaban J connectivity index is 0.00000300. The zero-order valence-electron chi connectivity index (χ0n) is 18.3. The van der Waals surface area contributed by atoms with E-state index >= 15 is 0 Å². The molecule has 2 atom stereocenters. The van der Waals surface area contributed by atoms with Crippen molar-refractivity contribution in [3.63, 3.8) is 0 Å². The van der Waals surface area contributed by atoms with Gasteiger partial charge in [-0.3, -0.25) is 4.79 Å². The van der Waals surface area contributed by atoms with Gasteiger partial charge in [0.05, 0.1) is 0 Å². The number of carbonyl (C=O) groups is 2. The number of carboxylic acid groups (broad SMARTS) is 1. The SMILES string of the molecule is O=C(O)COCC(=O)N1CCCC(C(c2ccccc2)c2ccc(Cl)cc2)C1.[Ca+2].[H-].[H-]. The molecule has 0 radical (unpaired) electrons. The Morgan fingerprint density at radius 2 is 1.76 bits per heavy atom. The van der Waals surface area contributed by atoms with Gasteiger partial charge in [-0.2, -0.15) is 0 Å². The zero-order chi connectivity index (χ0) is 19.9. The second kappa shape index (κ2) is 11.9. The van der Waals surface area contributed by atoms with Crippen LogP contribution in [0.1, 0.15) is 32.7 Å². The minimum atomic E-state index is -1.07. The molecule has 2 aromatic carbocycles. The van der Waals surface area contributed by atoms with Gasteiger partial charge in [0.2, 0.25) is 5.91 Å². The maximum absolute atomic E-state index is 12.5. The molecule has 0 saturated carbocycles. The summed E-state index contributed by atoms with van der Waals surface area (Å²) in [5.41, 5.74) is 2.39. The largest absolute Gasteiger partial charge is 2.00 e. The van der Waals surface area contributed by atoms with Crippen LogP contribution < -0.4 is 0 Å². The number of hydrogen-bond acceptors (Lipinski definition) is 3. The van der Waals surface area contributed by atoms with Gasteiger partial charge in [0, 0.05) is 24.0 Å². The van der Waals surface area contributed by atoms with Crippen molar-refractivity contribution in [2.75, 3.05) is 26.3 Å². The molecule has 0 bridgehead atoms. The normalized spacial score (nSPS) is 17.3. The summed E-state index contributed by atoms with van der Waals surface area (Å²) in [7, 11) is 0. The average Bonchev–Trinajstić information content (AvgIpc) is 2.70. The van der Waals surface area contributed by atoms with Crippen molar-refractivity contribution in [3.8, 4) is 0 Å². The molecule has 152 valence electrons. The Bertz CT molecular complexity index is 811. The smallest absolute Gasteiger partial charge is 1.00 e. The predicted octanol–water partition coefficient (Wildman–Crippen LogP) is 3.66. The van der Waals surface area contributed by atoms with Gasteiger partial charge in [0.1, 0.15) is 13.2 Å². The summed E-state index contributed by atoms with van der Waals surface area (Å²) in [5, 5.41) is 9.36. The van der Waals surface area contributed by atoms with Gasteiger partial charge in [0.25, 0.3) is 0 Å². The van der Waals surface area contributed by atoms with E-state index in [0.29, 0.717) is 18.1 Å². The van der Waals surface area contributed by atoms with E-state index in [9.17, 15) is 9.59 Å². The first kappa shape index (κ1) is 24.2. The van der Waals surface area contributed by atoms with Crippen molar-refractivity contribution in [2.45, 2.75) is 18.8 Å². The van der Waals surface area contributed by atoms with Crippen molar-refractivity contribution in [2.24, 2.45) is 5.92 Å². The number of amides is 1. The Morgan fingerprint density at radius 3 is 2.41 bits per heavy atom. The second-order valence-electron chi connectivity index (χ2n) is 7.07. The third-order valence-corrected chi connectivity index (χ3v) is 5.37. The number of halogens is 1. The minimum Gasteiger partial charge on any atom is -1.00 e. The maximum Gasteiger partial charge on any atom is 2.00 e. The molecule has 29 heavy (non-hydrogen) atoms. The van der Waals surface area contributed by atoms with E-state index in [4.69, 9.17) is 21.4 Å². The van der Waals surface area contributed by atoms with E-state index < -0.39 is 12.6 Å². The van der Waals surface area contributed by atoms with E-state index in [1.165, 1.54) is 11.1 Å². The number of nitrogens with zero attached hydrogens (tertiary/aromatic N) is 1.